The first-order valence-corrected chi connectivity index (χ1v) is 7.35. The average Bonchev–Trinajstić information content (AvgIpc) is 2.78. The summed E-state index contributed by atoms with van der Waals surface area (Å²) in [5, 5.41) is 6.81. The minimum atomic E-state index is 0.230. The lowest BCUT2D eigenvalue weighted by Crippen LogP contribution is -2.14. The Morgan fingerprint density at radius 3 is 2.68 bits per heavy atom. The molecule has 0 saturated heterocycles. The number of rotatable bonds is 5. The van der Waals surface area contributed by atoms with Crippen LogP contribution >= 0.6 is 11.3 Å². The second-order valence-corrected chi connectivity index (χ2v) is 6.11. The maximum absolute atomic E-state index is 4.54. The van der Waals surface area contributed by atoms with E-state index in [9.17, 15) is 0 Å². The highest BCUT2D eigenvalue weighted by Gasteiger charge is 2.11. The molecule has 1 aromatic heterocycles. The molecule has 0 aliphatic carbocycles. The normalized spacial score (nSPS) is 12.7. The summed E-state index contributed by atoms with van der Waals surface area (Å²) in [5.74, 6) is 0. The van der Waals surface area contributed by atoms with Gasteiger partial charge in [-0.25, -0.2) is 4.98 Å². The van der Waals surface area contributed by atoms with E-state index in [1.165, 1.54) is 11.3 Å². The fourth-order valence-electron chi connectivity index (χ4n) is 2.03. The van der Waals surface area contributed by atoms with Gasteiger partial charge in [0.2, 0.25) is 0 Å². The Labute approximate surface area is 119 Å². The van der Waals surface area contributed by atoms with Crippen molar-refractivity contribution >= 4 is 17.0 Å². The predicted molar refractivity (Wildman–Crippen MR) is 82.7 cm³/mol. The third-order valence-electron chi connectivity index (χ3n) is 2.96. The van der Waals surface area contributed by atoms with Gasteiger partial charge in [0.05, 0.1) is 16.7 Å². The van der Waals surface area contributed by atoms with Crippen LogP contribution in [0.1, 0.15) is 29.2 Å². The number of anilines is 1. The van der Waals surface area contributed by atoms with E-state index >= 15 is 0 Å². The molecule has 0 amide bonds. The Balaban J connectivity index is 2.14. The van der Waals surface area contributed by atoms with Crippen molar-refractivity contribution in [3.8, 4) is 0 Å². The van der Waals surface area contributed by atoms with Gasteiger partial charge in [-0.2, -0.15) is 0 Å². The number of nitrogens with zero attached hydrogens (tertiary/aromatic N) is 2. The third kappa shape index (κ3) is 3.78. The van der Waals surface area contributed by atoms with Crippen LogP contribution < -0.4 is 5.32 Å². The zero-order valence-electron chi connectivity index (χ0n) is 12.0. The van der Waals surface area contributed by atoms with Crippen molar-refractivity contribution in [1.29, 1.82) is 0 Å². The predicted octanol–water partition coefficient (Wildman–Crippen LogP) is 3.69. The topological polar surface area (TPSA) is 28.2 Å². The molecule has 2 rings (SSSR count). The van der Waals surface area contributed by atoms with E-state index in [0.29, 0.717) is 0 Å². The summed E-state index contributed by atoms with van der Waals surface area (Å²) in [6, 6.07) is 8.69. The van der Waals surface area contributed by atoms with Crippen LogP contribution in [0.25, 0.3) is 0 Å². The van der Waals surface area contributed by atoms with Crippen LogP contribution in [-0.2, 0) is 6.54 Å². The number of hydrogen-bond acceptors (Lipinski definition) is 4. The molecule has 19 heavy (non-hydrogen) atoms. The summed E-state index contributed by atoms with van der Waals surface area (Å²) < 4.78 is 0. The zero-order valence-corrected chi connectivity index (χ0v) is 12.8. The van der Waals surface area contributed by atoms with E-state index < -0.39 is 0 Å². The van der Waals surface area contributed by atoms with Gasteiger partial charge in [-0.1, -0.05) is 18.2 Å². The Hall–Kier alpha value is -1.39. The van der Waals surface area contributed by atoms with Crippen LogP contribution in [-0.4, -0.2) is 24.0 Å². The van der Waals surface area contributed by atoms with E-state index in [1.807, 2.05) is 6.92 Å². The van der Waals surface area contributed by atoms with Crippen molar-refractivity contribution in [3.63, 3.8) is 0 Å². The molecule has 0 spiro atoms. The van der Waals surface area contributed by atoms with Gasteiger partial charge in [-0.15, -0.1) is 11.3 Å². The first-order valence-electron chi connectivity index (χ1n) is 6.47. The lowest BCUT2D eigenvalue weighted by Gasteiger charge is -2.18. The quantitative estimate of drug-likeness (QED) is 0.902. The highest BCUT2D eigenvalue weighted by atomic mass is 32.1. The second-order valence-electron chi connectivity index (χ2n) is 5.05. The number of hydrogen-bond donors (Lipinski definition) is 1. The monoisotopic (exact) mass is 275 g/mol. The van der Waals surface area contributed by atoms with Gasteiger partial charge < -0.3 is 10.2 Å². The summed E-state index contributed by atoms with van der Waals surface area (Å²) in [7, 11) is 4.17. The largest absolute Gasteiger partial charge is 0.377 e. The molecular weight excluding hydrogens is 254 g/mol. The summed E-state index contributed by atoms with van der Waals surface area (Å²) in [5.41, 5.74) is 3.61. The highest BCUT2D eigenvalue weighted by Crippen LogP contribution is 2.24. The molecule has 1 aromatic carbocycles. The third-order valence-corrected chi connectivity index (χ3v) is 3.75. The molecular formula is C15H21N3S. The van der Waals surface area contributed by atoms with Gasteiger partial charge in [0, 0.05) is 17.6 Å². The van der Waals surface area contributed by atoms with E-state index in [1.54, 1.807) is 11.3 Å². The molecule has 1 unspecified atom stereocenters. The van der Waals surface area contributed by atoms with Crippen LogP contribution in [0.5, 0.6) is 0 Å². The highest BCUT2D eigenvalue weighted by molar-refractivity contribution is 7.09. The standard InChI is InChI=1S/C15H21N3S/c1-11(15-10-19-12(2)17-15)16-14-8-6-5-7-13(14)9-18(3)4/h5-8,10-11,16H,9H2,1-4H3. The smallest absolute Gasteiger partial charge is 0.0898 e. The van der Waals surface area contributed by atoms with Gasteiger partial charge in [0.15, 0.2) is 0 Å². The molecule has 1 heterocycles. The van der Waals surface area contributed by atoms with E-state index in [2.05, 4.69) is 65.9 Å². The minimum absolute atomic E-state index is 0.230. The van der Waals surface area contributed by atoms with Gasteiger partial charge in [-0.05, 0) is 39.6 Å². The van der Waals surface area contributed by atoms with Gasteiger partial charge in [0.1, 0.15) is 0 Å². The molecule has 102 valence electrons. The second kappa shape index (κ2) is 6.17. The van der Waals surface area contributed by atoms with Crippen molar-refractivity contribution in [2.75, 3.05) is 19.4 Å². The minimum Gasteiger partial charge on any atom is -0.377 e. The van der Waals surface area contributed by atoms with Crippen molar-refractivity contribution in [1.82, 2.24) is 9.88 Å². The molecule has 0 radical (unpaired) electrons. The number of aryl methyl sites for hydroxylation is 1. The molecule has 3 nitrogen and oxygen atoms in total. The van der Waals surface area contributed by atoms with Crippen LogP contribution in [0.3, 0.4) is 0 Å². The molecule has 0 saturated carbocycles. The number of thiazole rings is 1. The molecule has 1 N–H and O–H groups in total. The fourth-order valence-corrected chi connectivity index (χ4v) is 2.73. The summed E-state index contributed by atoms with van der Waals surface area (Å²) in [4.78, 5) is 6.72. The molecule has 1 atom stereocenters. The number of benzene rings is 1. The Kier molecular flexibility index (Phi) is 4.56. The average molecular weight is 275 g/mol. The summed E-state index contributed by atoms with van der Waals surface area (Å²) in [6.45, 7) is 5.13. The van der Waals surface area contributed by atoms with Gasteiger partial charge in [-0.3, -0.25) is 0 Å². The first-order chi connectivity index (χ1) is 9.06. The van der Waals surface area contributed by atoms with Crippen LogP contribution in [0.2, 0.25) is 0 Å². The SMILES string of the molecule is Cc1nc(C(C)Nc2ccccc2CN(C)C)cs1. The zero-order chi connectivity index (χ0) is 13.8. The fraction of sp³-hybridized carbons (Fsp3) is 0.400. The van der Waals surface area contributed by atoms with E-state index in [4.69, 9.17) is 0 Å². The molecule has 4 heteroatoms. The number of aromatic nitrogens is 1. The molecule has 2 aromatic rings. The summed E-state index contributed by atoms with van der Waals surface area (Å²) >= 11 is 1.70. The molecule has 0 fully saturated rings. The molecule has 0 aliphatic rings. The van der Waals surface area contributed by atoms with Crippen LogP contribution in [0, 0.1) is 6.92 Å². The first kappa shape index (κ1) is 14.0. The summed E-state index contributed by atoms with van der Waals surface area (Å²) in [6.07, 6.45) is 0. The maximum Gasteiger partial charge on any atom is 0.0898 e. The van der Waals surface area contributed by atoms with Crippen LogP contribution in [0.4, 0.5) is 5.69 Å². The number of para-hydroxylation sites is 1. The molecule has 0 bridgehead atoms. The van der Waals surface area contributed by atoms with Crippen molar-refractivity contribution in [2.45, 2.75) is 26.4 Å². The van der Waals surface area contributed by atoms with Crippen molar-refractivity contribution in [2.24, 2.45) is 0 Å². The lowest BCUT2D eigenvalue weighted by molar-refractivity contribution is 0.403. The van der Waals surface area contributed by atoms with Crippen molar-refractivity contribution in [3.05, 3.63) is 45.9 Å². The van der Waals surface area contributed by atoms with E-state index in [0.717, 1.165) is 17.2 Å². The van der Waals surface area contributed by atoms with Gasteiger partial charge in [0.25, 0.3) is 0 Å². The van der Waals surface area contributed by atoms with Crippen LogP contribution in [0.15, 0.2) is 29.6 Å². The molecule has 0 aliphatic heterocycles. The Bertz CT molecular complexity index is 534. The maximum atomic E-state index is 4.54. The van der Waals surface area contributed by atoms with Gasteiger partial charge >= 0.3 is 0 Å². The Morgan fingerprint density at radius 2 is 2.05 bits per heavy atom. The Morgan fingerprint density at radius 1 is 1.32 bits per heavy atom. The van der Waals surface area contributed by atoms with E-state index in [-0.39, 0.29) is 6.04 Å². The number of nitrogens with one attached hydrogen (secondary N) is 1. The van der Waals surface area contributed by atoms with Crippen molar-refractivity contribution < 1.29 is 0 Å². The lowest BCUT2D eigenvalue weighted by atomic mass is 10.1.